The smallest absolute Gasteiger partial charge is 0.181 e. The SMILES string of the molecule is Nc1nc(-c2ncccc2Cl)nc2c1CCCCC2. The average molecular weight is 275 g/mol. The fourth-order valence-corrected chi connectivity index (χ4v) is 2.66. The number of rotatable bonds is 1. The van der Waals surface area contributed by atoms with Crippen molar-refractivity contribution in [1.82, 2.24) is 15.0 Å². The second kappa shape index (κ2) is 5.13. The molecule has 1 aliphatic carbocycles. The lowest BCUT2D eigenvalue weighted by Gasteiger charge is -2.10. The minimum absolute atomic E-state index is 0.531. The van der Waals surface area contributed by atoms with Crippen LogP contribution in [-0.4, -0.2) is 15.0 Å². The van der Waals surface area contributed by atoms with E-state index in [4.69, 9.17) is 17.3 Å². The van der Waals surface area contributed by atoms with Crippen LogP contribution in [0.5, 0.6) is 0 Å². The summed E-state index contributed by atoms with van der Waals surface area (Å²) in [5.41, 5.74) is 8.84. The van der Waals surface area contributed by atoms with Crippen LogP contribution in [0.25, 0.3) is 11.5 Å². The van der Waals surface area contributed by atoms with Crippen LogP contribution in [0.4, 0.5) is 5.82 Å². The first-order chi connectivity index (χ1) is 9.25. The molecule has 1 aliphatic rings. The van der Waals surface area contributed by atoms with E-state index in [0.29, 0.717) is 22.4 Å². The van der Waals surface area contributed by atoms with E-state index in [2.05, 4.69) is 15.0 Å². The number of hydrogen-bond acceptors (Lipinski definition) is 4. The number of fused-ring (bicyclic) bond motifs is 1. The quantitative estimate of drug-likeness (QED) is 0.812. The number of hydrogen-bond donors (Lipinski definition) is 1. The Balaban J connectivity index is 2.12. The van der Waals surface area contributed by atoms with E-state index in [1.165, 1.54) is 6.42 Å². The molecular weight excluding hydrogens is 260 g/mol. The number of pyridine rings is 1. The molecule has 0 aromatic carbocycles. The van der Waals surface area contributed by atoms with Gasteiger partial charge in [-0.2, -0.15) is 0 Å². The Bertz CT molecular complexity index is 612. The van der Waals surface area contributed by atoms with Crippen LogP contribution in [0.15, 0.2) is 18.3 Å². The molecule has 0 radical (unpaired) electrons. The van der Waals surface area contributed by atoms with Crippen molar-refractivity contribution in [1.29, 1.82) is 0 Å². The van der Waals surface area contributed by atoms with Crippen molar-refractivity contribution in [3.8, 4) is 11.5 Å². The van der Waals surface area contributed by atoms with Gasteiger partial charge in [-0.25, -0.2) is 9.97 Å². The number of aromatic nitrogens is 3. The summed E-state index contributed by atoms with van der Waals surface area (Å²) in [6.07, 6.45) is 7.14. The highest BCUT2D eigenvalue weighted by molar-refractivity contribution is 6.32. The lowest BCUT2D eigenvalue weighted by atomic mass is 10.1. The van der Waals surface area contributed by atoms with Gasteiger partial charge in [-0.1, -0.05) is 18.0 Å². The van der Waals surface area contributed by atoms with Crippen molar-refractivity contribution in [2.75, 3.05) is 5.73 Å². The maximum absolute atomic E-state index is 6.14. The summed E-state index contributed by atoms with van der Waals surface area (Å²) in [4.78, 5) is 13.3. The van der Waals surface area contributed by atoms with Gasteiger partial charge in [-0.3, -0.25) is 4.98 Å². The highest BCUT2D eigenvalue weighted by atomic mass is 35.5. The van der Waals surface area contributed by atoms with Gasteiger partial charge in [0.1, 0.15) is 11.5 Å². The van der Waals surface area contributed by atoms with Gasteiger partial charge in [0.05, 0.1) is 5.02 Å². The van der Waals surface area contributed by atoms with Gasteiger partial charge in [0, 0.05) is 17.5 Å². The second-order valence-corrected chi connectivity index (χ2v) is 5.16. The summed E-state index contributed by atoms with van der Waals surface area (Å²) in [5.74, 6) is 1.10. The number of nitrogen functional groups attached to an aromatic ring is 1. The molecular formula is C14H15ClN4. The third-order valence-electron chi connectivity index (χ3n) is 3.44. The number of anilines is 1. The summed E-state index contributed by atoms with van der Waals surface area (Å²) in [7, 11) is 0. The van der Waals surface area contributed by atoms with Gasteiger partial charge in [0.2, 0.25) is 0 Å². The zero-order valence-electron chi connectivity index (χ0n) is 10.6. The van der Waals surface area contributed by atoms with Crippen molar-refractivity contribution in [3.63, 3.8) is 0 Å². The third kappa shape index (κ3) is 2.40. The zero-order valence-corrected chi connectivity index (χ0v) is 11.3. The van der Waals surface area contributed by atoms with E-state index >= 15 is 0 Å². The van der Waals surface area contributed by atoms with E-state index in [1.807, 2.05) is 0 Å². The van der Waals surface area contributed by atoms with Crippen molar-refractivity contribution in [2.45, 2.75) is 32.1 Å². The van der Waals surface area contributed by atoms with Crippen LogP contribution in [0.2, 0.25) is 5.02 Å². The molecule has 2 heterocycles. The summed E-state index contributed by atoms with van der Waals surface area (Å²) in [5, 5.41) is 0.551. The number of nitrogens with zero attached hydrogens (tertiary/aromatic N) is 3. The van der Waals surface area contributed by atoms with E-state index in [0.717, 1.165) is 36.9 Å². The molecule has 2 N–H and O–H groups in total. The molecule has 0 aliphatic heterocycles. The van der Waals surface area contributed by atoms with Gasteiger partial charge < -0.3 is 5.73 Å². The normalized spacial score (nSPS) is 14.8. The van der Waals surface area contributed by atoms with Crippen LogP contribution in [-0.2, 0) is 12.8 Å². The Morgan fingerprint density at radius 1 is 1.11 bits per heavy atom. The molecule has 2 aromatic rings. The molecule has 98 valence electrons. The minimum atomic E-state index is 0.531. The molecule has 3 rings (SSSR count). The third-order valence-corrected chi connectivity index (χ3v) is 3.74. The van der Waals surface area contributed by atoms with Gasteiger partial charge in [-0.15, -0.1) is 0 Å². The van der Waals surface area contributed by atoms with Gasteiger partial charge in [0.25, 0.3) is 0 Å². The summed E-state index contributed by atoms with van der Waals surface area (Å²) >= 11 is 6.14. The molecule has 0 spiro atoms. The zero-order chi connectivity index (χ0) is 13.2. The Kier molecular flexibility index (Phi) is 3.34. The lowest BCUT2D eigenvalue weighted by Crippen LogP contribution is -2.07. The highest BCUT2D eigenvalue weighted by Gasteiger charge is 2.17. The van der Waals surface area contributed by atoms with Crippen molar-refractivity contribution >= 4 is 17.4 Å². The van der Waals surface area contributed by atoms with Crippen LogP contribution >= 0.6 is 11.6 Å². The summed E-state index contributed by atoms with van der Waals surface area (Å²) in [6.45, 7) is 0. The Labute approximate surface area is 117 Å². The molecule has 5 heteroatoms. The molecule has 2 aromatic heterocycles. The predicted octanol–water partition coefficient (Wildman–Crippen LogP) is 3.04. The molecule has 19 heavy (non-hydrogen) atoms. The van der Waals surface area contributed by atoms with Gasteiger partial charge in [0.15, 0.2) is 5.82 Å². The van der Waals surface area contributed by atoms with E-state index in [-0.39, 0.29) is 0 Å². The number of halogens is 1. The van der Waals surface area contributed by atoms with E-state index in [1.54, 1.807) is 18.3 Å². The van der Waals surface area contributed by atoms with Crippen LogP contribution in [0.1, 0.15) is 30.5 Å². The molecule has 0 amide bonds. The first kappa shape index (κ1) is 12.4. The molecule has 0 bridgehead atoms. The van der Waals surface area contributed by atoms with Gasteiger partial charge in [-0.05, 0) is 37.8 Å². The monoisotopic (exact) mass is 274 g/mol. The van der Waals surface area contributed by atoms with Crippen molar-refractivity contribution < 1.29 is 0 Å². The molecule has 0 fully saturated rings. The van der Waals surface area contributed by atoms with Crippen molar-refractivity contribution in [3.05, 3.63) is 34.6 Å². The van der Waals surface area contributed by atoms with Crippen LogP contribution < -0.4 is 5.73 Å². The lowest BCUT2D eigenvalue weighted by molar-refractivity contribution is 0.709. The molecule has 4 nitrogen and oxygen atoms in total. The van der Waals surface area contributed by atoms with E-state index in [9.17, 15) is 0 Å². The topological polar surface area (TPSA) is 64.7 Å². The summed E-state index contributed by atoms with van der Waals surface area (Å²) in [6, 6.07) is 3.58. The first-order valence-electron chi connectivity index (χ1n) is 6.52. The maximum Gasteiger partial charge on any atom is 0.181 e. The number of aryl methyl sites for hydroxylation is 1. The predicted molar refractivity (Wildman–Crippen MR) is 75.9 cm³/mol. The number of nitrogens with two attached hydrogens (primary N) is 1. The molecule has 0 atom stereocenters. The Hall–Kier alpha value is -1.68. The minimum Gasteiger partial charge on any atom is -0.383 e. The molecule has 0 unspecified atom stereocenters. The maximum atomic E-state index is 6.14. The van der Waals surface area contributed by atoms with E-state index < -0.39 is 0 Å². The van der Waals surface area contributed by atoms with Gasteiger partial charge >= 0.3 is 0 Å². The summed E-state index contributed by atoms with van der Waals surface area (Å²) < 4.78 is 0. The largest absolute Gasteiger partial charge is 0.383 e. The molecule has 0 saturated carbocycles. The van der Waals surface area contributed by atoms with Crippen molar-refractivity contribution in [2.24, 2.45) is 0 Å². The second-order valence-electron chi connectivity index (χ2n) is 4.75. The first-order valence-corrected chi connectivity index (χ1v) is 6.89. The molecule has 0 saturated heterocycles. The Morgan fingerprint density at radius 2 is 1.95 bits per heavy atom. The fourth-order valence-electron chi connectivity index (χ4n) is 2.46. The Morgan fingerprint density at radius 3 is 2.79 bits per heavy atom. The average Bonchev–Trinajstić information content (AvgIpc) is 2.65. The standard InChI is InChI=1S/C14H15ClN4/c15-10-6-4-8-17-12(10)14-18-11-7-3-1-2-5-9(11)13(16)19-14/h4,6,8H,1-3,5,7H2,(H2,16,18,19). The fraction of sp³-hybridized carbons (Fsp3) is 0.357. The highest BCUT2D eigenvalue weighted by Crippen LogP contribution is 2.28. The van der Waals surface area contributed by atoms with Crippen LogP contribution in [0, 0.1) is 0 Å². The van der Waals surface area contributed by atoms with Crippen LogP contribution in [0.3, 0.4) is 0 Å².